The highest BCUT2D eigenvalue weighted by atomic mass is 16.2. The standard InChI is InChI=1S/C21H30N4O2/c1-15(2)12-18(13-22)20(26)24-11-5-4-6-19(23)21(27)25-14-17-9-7-16(3)8-10-17/h7-10,12,15,19H,4-6,11,14,23H2,1-3H3,(H,24,26)(H,25,27). The highest BCUT2D eigenvalue weighted by Gasteiger charge is 2.13. The van der Waals surface area contributed by atoms with Crippen molar-refractivity contribution in [3.05, 3.63) is 47.0 Å². The van der Waals surface area contributed by atoms with Crippen LogP contribution in [0.4, 0.5) is 0 Å². The number of rotatable bonds is 10. The van der Waals surface area contributed by atoms with Gasteiger partial charge in [-0.15, -0.1) is 0 Å². The molecule has 27 heavy (non-hydrogen) atoms. The highest BCUT2D eigenvalue weighted by molar-refractivity contribution is 5.97. The summed E-state index contributed by atoms with van der Waals surface area (Å²) in [4.78, 5) is 23.9. The first-order valence-electron chi connectivity index (χ1n) is 9.32. The second kappa shape index (κ2) is 11.9. The van der Waals surface area contributed by atoms with E-state index >= 15 is 0 Å². The number of hydrogen-bond acceptors (Lipinski definition) is 4. The Kier molecular flexibility index (Phi) is 9.84. The van der Waals surface area contributed by atoms with Gasteiger partial charge in [0.1, 0.15) is 11.6 Å². The van der Waals surface area contributed by atoms with Crippen molar-refractivity contribution in [3.8, 4) is 6.07 Å². The largest absolute Gasteiger partial charge is 0.351 e. The Balaban J connectivity index is 2.23. The zero-order chi connectivity index (χ0) is 20.2. The summed E-state index contributed by atoms with van der Waals surface area (Å²) in [5, 5.41) is 14.6. The fourth-order valence-corrected chi connectivity index (χ4v) is 2.44. The summed E-state index contributed by atoms with van der Waals surface area (Å²) >= 11 is 0. The molecule has 0 aliphatic rings. The second-order valence-electron chi connectivity index (χ2n) is 7.00. The van der Waals surface area contributed by atoms with E-state index in [4.69, 9.17) is 11.0 Å². The fourth-order valence-electron chi connectivity index (χ4n) is 2.44. The van der Waals surface area contributed by atoms with Gasteiger partial charge in [-0.2, -0.15) is 5.26 Å². The maximum atomic E-state index is 12.0. The second-order valence-corrected chi connectivity index (χ2v) is 7.00. The number of hydrogen-bond donors (Lipinski definition) is 3. The van der Waals surface area contributed by atoms with Crippen molar-refractivity contribution in [2.75, 3.05) is 6.54 Å². The Bertz CT molecular complexity index is 687. The third-order valence-electron chi connectivity index (χ3n) is 4.02. The van der Waals surface area contributed by atoms with E-state index < -0.39 is 6.04 Å². The average molecular weight is 370 g/mol. The quantitative estimate of drug-likeness (QED) is 0.334. The number of allylic oxidation sites excluding steroid dienone is 1. The molecule has 1 unspecified atom stereocenters. The van der Waals surface area contributed by atoms with Crippen LogP contribution < -0.4 is 16.4 Å². The van der Waals surface area contributed by atoms with Gasteiger partial charge in [-0.25, -0.2) is 0 Å². The molecular weight excluding hydrogens is 340 g/mol. The van der Waals surface area contributed by atoms with Crippen LogP contribution in [0.15, 0.2) is 35.9 Å². The van der Waals surface area contributed by atoms with Crippen molar-refractivity contribution in [3.63, 3.8) is 0 Å². The number of nitriles is 1. The predicted octanol–water partition coefficient (Wildman–Crippen LogP) is 2.33. The number of aryl methyl sites for hydroxylation is 1. The zero-order valence-electron chi connectivity index (χ0n) is 16.4. The molecule has 1 aromatic carbocycles. The smallest absolute Gasteiger partial charge is 0.261 e. The van der Waals surface area contributed by atoms with Crippen LogP contribution >= 0.6 is 0 Å². The first-order chi connectivity index (χ1) is 12.8. The average Bonchev–Trinajstić information content (AvgIpc) is 2.64. The Morgan fingerprint density at radius 3 is 2.44 bits per heavy atom. The molecule has 2 amide bonds. The molecule has 146 valence electrons. The van der Waals surface area contributed by atoms with Crippen molar-refractivity contribution < 1.29 is 9.59 Å². The van der Waals surface area contributed by atoms with Gasteiger partial charge in [0, 0.05) is 13.1 Å². The predicted molar refractivity (Wildman–Crippen MR) is 106 cm³/mol. The number of unbranched alkanes of at least 4 members (excludes halogenated alkanes) is 1. The number of benzene rings is 1. The van der Waals surface area contributed by atoms with Crippen LogP contribution in [0.1, 0.15) is 44.2 Å². The molecule has 0 spiro atoms. The summed E-state index contributed by atoms with van der Waals surface area (Å²) in [7, 11) is 0. The van der Waals surface area contributed by atoms with E-state index in [1.54, 1.807) is 6.08 Å². The van der Waals surface area contributed by atoms with Crippen LogP contribution in [-0.4, -0.2) is 24.4 Å². The topological polar surface area (TPSA) is 108 Å². The zero-order valence-corrected chi connectivity index (χ0v) is 16.4. The molecule has 0 aliphatic heterocycles. The lowest BCUT2D eigenvalue weighted by Gasteiger charge is -2.12. The van der Waals surface area contributed by atoms with E-state index in [1.165, 1.54) is 5.56 Å². The monoisotopic (exact) mass is 370 g/mol. The van der Waals surface area contributed by atoms with Crippen LogP contribution in [0.25, 0.3) is 0 Å². The minimum absolute atomic E-state index is 0.136. The Labute approximate surface area is 161 Å². The first kappa shape index (κ1) is 22.4. The lowest BCUT2D eigenvalue weighted by molar-refractivity contribution is -0.122. The molecule has 0 aliphatic carbocycles. The van der Waals surface area contributed by atoms with Gasteiger partial charge in [0.25, 0.3) is 5.91 Å². The molecule has 4 N–H and O–H groups in total. The van der Waals surface area contributed by atoms with Crippen molar-refractivity contribution in [2.24, 2.45) is 11.7 Å². The van der Waals surface area contributed by atoms with Gasteiger partial charge >= 0.3 is 0 Å². The molecule has 1 atom stereocenters. The molecular formula is C21H30N4O2. The molecule has 0 heterocycles. The van der Waals surface area contributed by atoms with Crippen LogP contribution in [0.5, 0.6) is 0 Å². The lowest BCUT2D eigenvalue weighted by Crippen LogP contribution is -2.40. The summed E-state index contributed by atoms with van der Waals surface area (Å²) < 4.78 is 0. The maximum Gasteiger partial charge on any atom is 0.261 e. The van der Waals surface area contributed by atoms with Gasteiger partial charge in [-0.05, 0) is 37.7 Å². The van der Waals surface area contributed by atoms with Crippen LogP contribution in [-0.2, 0) is 16.1 Å². The molecule has 6 nitrogen and oxygen atoms in total. The van der Waals surface area contributed by atoms with Crippen molar-refractivity contribution >= 4 is 11.8 Å². The number of nitrogens with two attached hydrogens (primary N) is 1. The normalized spacial score (nSPS) is 12.4. The molecule has 1 aromatic rings. The van der Waals surface area contributed by atoms with E-state index in [0.717, 1.165) is 12.0 Å². The fraction of sp³-hybridized carbons (Fsp3) is 0.476. The molecule has 0 saturated carbocycles. The van der Waals surface area contributed by atoms with Gasteiger partial charge in [0.15, 0.2) is 0 Å². The third-order valence-corrected chi connectivity index (χ3v) is 4.02. The maximum absolute atomic E-state index is 12.0. The Morgan fingerprint density at radius 1 is 1.19 bits per heavy atom. The summed E-state index contributed by atoms with van der Waals surface area (Å²) in [6, 6.07) is 9.31. The van der Waals surface area contributed by atoms with Gasteiger partial charge in [-0.1, -0.05) is 49.8 Å². The molecule has 0 bridgehead atoms. The Morgan fingerprint density at radius 2 is 1.85 bits per heavy atom. The minimum Gasteiger partial charge on any atom is -0.351 e. The summed E-state index contributed by atoms with van der Waals surface area (Å²) in [5.74, 6) is -0.389. The minimum atomic E-state index is -0.568. The van der Waals surface area contributed by atoms with E-state index in [2.05, 4.69) is 10.6 Å². The highest BCUT2D eigenvalue weighted by Crippen LogP contribution is 2.04. The number of nitrogens with zero attached hydrogens (tertiary/aromatic N) is 1. The number of nitrogens with one attached hydrogen (secondary N) is 2. The summed E-state index contributed by atoms with van der Waals surface area (Å²) in [6.07, 6.45) is 3.60. The molecule has 0 radical (unpaired) electrons. The third kappa shape index (κ3) is 9.02. The van der Waals surface area contributed by atoms with Crippen molar-refractivity contribution in [1.82, 2.24) is 10.6 Å². The number of carbonyl (C=O) groups is 2. The van der Waals surface area contributed by atoms with Crippen molar-refractivity contribution in [1.29, 1.82) is 5.26 Å². The van der Waals surface area contributed by atoms with Gasteiger partial charge in [-0.3, -0.25) is 9.59 Å². The SMILES string of the molecule is Cc1ccc(CNC(=O)C(N)CCCCNC(=O)C(C#N)=CC(C)C)cc1. The van der Waals surface area contributed by atoms with Crippen LogP contribution in [0.3, 0.4) is 0 Å². The van der Waals surface area contributed by atoms with E-state index in [9.17, 15) is 9.59 Å². The van der Waals surface area contributed by atoms with Crippen LogP contribution in [0.2, 0.25) is 0 Å². The summed E-state index contributed by atoms with van der Waals surface area (Å²) in [6.45, 7) is 6.75. The molecule has 6 heteroatoms. The number of carbonyl (C=O) groups excluding carboxylic acids is 2. The van der Waals surface area contributed by atoms with Gasteiger partial charge < -0.3 is 16.4 Å². The van der Waals surface area contributed by atoms with Crippen molar-refractivity contribution in [2.45, 2.75) is 52.6 Å². The number of amides is 2. The van der Waals surface area contributed by atoms with E-state index in [-0.39, 0.29) is 23.3 Å². The van der Waals surface area contributed by atoms with Gasteiger partial charge in [0.2, 0.25) is 5.91 Å². The first-order valence-corrected chi connectivity index (χ1v) is 9.32. The molecule has 0 saturated heterocycles. The lowest BCUT2D eigenvalue weighted by atomic mass is 10.1. The Hall–Kier alpha value is -2.65. The molecule has 0 fully saturated rings. The molecule has 0 aromatic heterocycles. The van der Waals surface area contributed by atoms with Crippen LogP contribution in [0, 0.1) is 24.2 Å². The van der Waals surface area contributed by atoms with Gasteiger partial charge in [0.05, 0.1) is 6.04 Å². The van der Waals surface area contributed by atoms with E-state index in [0.29, 0.717) is 25.9 Å². The van der Waals surface area contributed by atoms with E-state index in [1.807, 2.05) is 51.1 Å². The molecule has 1 rings (SSSR count). The summed E-state index contributed by atoms with van der Waals surface area (Å²) in [5.41, 5.74) is 8.27.